The highest BCUT2D eigenvalue weighted by Gasteiger charge is 2.08. The molecule has 0 spiro atoms. The number of rotatable bonds is 8. The number of methoxy groups -OCH3 is 4. The van der Waals surface area contributed by atoms with Gasteiger partial charge in [0, 0.05) is 47.8 Å². The van der Waals surface area contributed by atoms with Gasteiger partial charge in [-0.15, -0.1) is 0 Å². The van der Waals surface area contributed by atoms with Crippen LogP contribution in [-0.4, -0.2) is 28.4 Å². The first kappa shape index (κ1) is 19.2. The summed E-state index contributed by atoms with van der Waals surface area (Å²) < 4.78 is 21.4. The maximum Gasteiger partial charge on any atom is 0.124 e. The van der Waals surface area contributed by atoms with E-state index in [1.54, 1.807) is 28.4 Å². The van der Waals surface area contributed by atoms with Gasteiger partial charge >= 0.3 is 0 Å². The molecule has 28 heavy (non-hydrogen) atoms. The van der Waals surface area contributed by atoms with Crippen molar-refractivity contribution in [2.45, 2.75) is 0 Å². The van der Waals surface area contributed by atoms with Crippen LogP contribution in [0.5, 0.6) is 23.0 Å². The normalized spacial score (nSPS) is 10.1. The van der Waals surface area contributed by atoms with Crippen LogP contribution < -0.4 is 29.6 Å². The molecule has 3 rings (SSSR count). The van der Waals surface area contributed by atoms with E-state index < -0.39 is 0 Å². The number of anilines is 4. The molecule has 0 saturated heterocycles. The third-order valence-corrected chi connectivity index (χ3v) is 4.19. The van der Waals surface area contributed by atoms with E-state index in [0.717, 1.165) is 22.7 Å². The average Bonchev–Trinajstić information content (AvgIpc) is 2.74. The van der Waals surface area contributed by atoms with Crippen LogP contribution in [0.25, 0.3) is 0 Å². The summed E-state index contributed by atoms with van der Waals surface area (Å²) in [6.07, 6.45) is 0. The number of benzene rings is 3. The summed E-state index contributed by atoms with van der Waals surface area (Å²) >= 11 is 0. The number of nitrogens with one attached hydrogen (secondary N) is 2. The molecule has 0 aliphatic heterocycles. The van der Waals surface area contributed by atoms with Crippen molar-refractivity contribution in [3.8, 4) is 23.0 Å². The molecule has 3 aromatic rings. The van der Waals surface area contributed by atoms with Crippen molar-refractivity contribution in [2.75, 3.05) is 39.1 Å². The van der Waals surface area contributed by atoms with E-state index in [4.69, 9.17) is 18.9 Å². The van der Waals surface area contributed by atoms with Crippen molar-refractivity contribution in [1.82, 2.24) is 0 Å². The number of hydrogen-bond acceptors (Lipinski definition) is 6. The summed E-state index contributed by atoms with van der Waals surface area (Å²) in [4.78, 5) is 0. The molecule has 6 nitrogen and oxygen atoms in total. The topological polar surface area (TPSA) is 61.0 Å². The van der Waals surface area contributed by atoms with Crippen molar-refractivity contribution in [3.05, 3.63) is 60.7 Å². The lowest BCUT2D eigenvalue weighted by Gasteiger charge is -2.16. The van der Waals surface area contributed by atoms with Crippen LogP contribution in [0.15, 0.2) is 60.7 Å². The first-order valence-corrected chi connectivity index (χ1v) is 8.74. The van der Waals surface area contributed by atoms with Crippen LogP contribution in [-0.2, 0) is 0 Å². The molecule has 6 heteroatoms. The van der Waals surface area contributed by atoms with Crippen molar-refractivity contribution in [2.24, 2.45) is 0 Å². The van der Waals surface area contributed by atoms with Gasteiger partial charge in [0.25, 0.3) is 0 Å². The number of ether oxygens (including phenoxy) is 4. The quantitative estimate of drug-likeness (QED) is 0.559. The van der Waals surface area contributed by atoms with E-state index in [9.17, 15) is 0 Å². The molecule has 0 aliphatic rings. The SMILES string of the molecule is COc1cc(Nc2ccccc2Nc2cc(OC)cc(OC)c2)cc(OC)c1. The third kappa shape index (κ3) is 4.59. The average molecular weight is 380 g/mol. The van der Waals surface area contributed by atoms with Crippen molar-refractivity contribution >= 4 is 22.7 Å². The molecular weight excluding hydrogens is 356 g/mol. The minimum absolute atomic E-state index is 0.713. The largest absolute Gasteiger partial charge is 0.497 e. The fraction of sp³-hybridized carbons (Fsp3) is 0.182. The number of hydrogen-bond donors (Lipinski definition) is 2. The zero-order chi connectivity index (χ0) is 19.9. The van der Waals surface area contributed by atoms with E-state index in [-0.39, 0.29) is 0 Å². The molecule has 0 radical (unpaired) electrons. The molecule has 146 valence electrons. The Labute approximate surface area is 165 Å². The first-order chi connectivity index (χ1) is 13.6. The highest BCUT2D eigenvalue weighted by atomic mass is 16.5. The van der Waals surface area contributed by atoms with E-state index >= 15 is 0 Å². The highest BCUT2D eigenvalue weighted by Crippen LogP contribution is 2.34. The summed E-state index contributed by atoms with van der Waals surface area (Å²) in [5.41, 5.74) is 3.52. The van der Waals surface area contributed by atoms with Gasteiger partial charge < -0.3 is 29.6 Å². The first-order valence-electron chi connectivity index (χ1n) is 8.74. The fourth-order valence-electron chi connectivity index (χ4n) is 2.77. The molecule has 0 atom stereocenters. The van der Waals surface area contributed by atoms with Gasteiger partial charge in [0.15, 0.2) is 0 Å². The molecule has 0 aliphatic carbocycles. The molecular formula is C22H24N2O4. The maximum atomic E-state index is 5.35. The molecule has 0 saturated carbocycles. The lowest BCUT2D eigenvalue weighted by atomic mass is 10.2. The smallest absolute Gasteiger partial charge is 0.124 e. The summed E-state index contributed by atoms with van der Waals surface area (Å²) in [6, 6.07) is 19.2. The minimum atomic E-state index is 0.713. The van der Waals surface area contributed by atoms with Gasteiger partial charge in [-0.1, -0.05) is 12.1 Å². The Morgan fingerprint density at radius 2 is 0.821 bits per heavy atom. The molecule has 0 unspecified atom stereocenters. The number of para-hydroxylation sites is 2. The van der Waals surface area contributed by atoms with Gasteiger partial charge in [-0.3, -0.25) is 0 Å². The van der Waals surface area contributed by atoms with Crippen LogP contribution in [0.4, 0.5) is 22.7 Å². The van der Waals surface area contributed by atoms with Crippen LogP contribution >= 0.6 is 0 Å². The third-order valence-electron chi connectivity index (χ3n) is 4.19. The lowest BCUT2D eigenvalue weighted by molar-refractivity contribution is 0.394. The lowest BCUT2D eigenvalue weighted by Crippen LogP contribution is -1.99. The molecule has 0 bridgehead atoms. The fourth-order valence-corrected chi connectivity index (χ4v) is 2.77. The second-order valence-electron chi connectivity index (χ2n) is 6.00. The van der Waals surface area contributed by atoms with Gasteiger partial charge in [-0.05, 0) is 12.1 Å². The van der Waals surface area contributed by atoms with E-state index in [0.29, 0.717) is 23.0 Å². The zero-order valence-corrected chi connectivity index (χ0v) is 16.4. The molecule has 0 amide bonds. The zero-order valence-electron chi connectivity index (χ0n) is 16.4. The van der Waals surface area contributed by atoms with Crippen LogP contribution in [0.2, 0.25) is 0 Å². The van der Waals surface area contributed by atoms with Crippen LogP contribution in [0.1, 0.15) is 0 Å². The van der Waals surface area contributed by atoms with Gasteiger partial charge in [-0.2, -0.15) is 0 Å². The van der Waals surface area contributed by atoms with Gasteiger partial charge in [0.05, 0.1) is 39.8 Å². The van der Waals surface area contributed by atoms with Gasteiger partial charge in [0.1, 0.15) is 23.0 Å². The minimum Gasteiger partial charge on any atom is -0.497 e. The Morgan fingerprint density at radius 1 is 0.500 bits per heavy atom. The van der Waals surface area contributed by atoms with Gasteiger partial charge in [0.2, 0.25) is 0 Å². The van der Waals surface area contributed by atoms with Crippen LogP contribution in [0, 0.1) is 0 Å². The molecule has 0 fully saturated rings. The standard InChI is InChI=1S/C22H24N2O4/c1-25-17-9-15(10-18(13-17)26-2)23-21-7-5-6-8-22(21)24-16-11-19(27-3)14-20(12-16)28-4/h5-14,23-24H,1-4H3. The summed E-state index contributed by atoms with van der Waals surface area (Å²) in [7, 11) is 6.52. The molecule has 0 heterocycles. The Morgan fingerprint density at radius 3 is 1.11 bits per heavy atom. The Kier molecular flexibility index (Phi) is 6.11. The summed E-state index contributed by atoms with van der Waals surface area (Å²) in [5.74, 6) is 2.85. The highest BCUT2D eigenvalue weighted by molar-refractivity contribution is 5.79. The second kappa shape index (κ2) is 8.90. The van der Waals surface area contributed by atoms with Crippen molar-refractivity contribution in [3.63, 3.8) is 0 Å². The molecule has 2 N–H and O–H groups in total. The van der Waals surface area contributed by atoms with Gasteiger partial charge in [-0.25, -0.2) is 0 Å². The molecule has 3 aromatic carbocycles. The second-order valence-corrected chi connectivity index (χ2v) is 6.00. The Balaban J connectivity index is 1.90. The summed E-state index contributed by atoms with van der Waals surface area (Å²) in [6.45, 7) is 0. The monoisotopic (exact) mass is 380 g/mol. The molecule has 0 aromatic heterocycles. The van der Waals surface area contributed by atoms with E-state index in [1.165, 1.54) is 0 Å². The maximum absolute atomic E-state index is 5.35. The predicted molar refractivity (Wildman–Crippen MR) is 112 cm³/mol. The van der Waals surface area contributed by atoms with Crippen molar-refractivity contribution < 1.29 is 18.9 Å². The van der Waals surface area contributed by atoms with Crippen molar-refractivity contribution in [1.29, 1.82) is 0 Å². The summed E-state index contributed by atoms with van der Waals surface area (Å²) in [5, 5.41) is 6.83. The van der Waals surface area contributed by atoms with E-state index in [1.807, 2.05) is 60.7 Å². The van der Waals surface area contributed by atoms with Crippen LogP contribution in [0.3, 0.4) is 0 Å². The van der Waals surface area contributed by atoms with E-state index in [2.05, 4.69) is 10.6 Å². The Bertz CT molecular complexity index is 823. The predicted octanol–water partition coefficient (Wildman–Crippen LogP) is 5.21. The Hall–Kier alpha value is -3.54.